The SMILES string of the molecule is Cc1cccc(C)c1CN(CCC(N)=S)CC(C)C. The van der Waals surface area contributed by atoms with Crippen molar-refractivity contribution < 1.29 is 0 Å². The van der Waals surface area contributed by atoms with E-state index in [4.69, 9.17) is 18.0 Å². The number of nitrogens with zero attached hydrogens (tertiary/aromatic N) is 1. The Kier molecular flexibility index (Phi) is 6.46. The Balaban J connectivity index is 2.78. The van der Waals surface area contributed by atoms with Crippen LogP contribution in [0.4, 0.5) is 0 Å². The lowest BCUT2D eigenvalue weighted by Crippen LogP contribution is -2.31. The maximum atomic E-state index is 5.63. The summed E-state index contributed by atoms with van der Waals surface area (Å²) in [4.78, 5) is 3.06. The standard InChI is InChI=1S/C16H26N2S/c1-12(2)10-18(9-8-16(17)19)11-15-13(3)6-5-7-14(15)4/h5-7,12H,8-11H2,1-4H3,(H2,17,19). The second-order valence-electron chi connectivity index (χ2n) is 5.72. The fourth-order valence-electron chi connectivity index (χ4n) is 2.34. The van der Waals surface area contributed by atoms with Gasteiger partial charge in [0.15, 0.2) is 0 Å². The summed E-state index contributed by atoms with van der Waals surface area (Å²) in [5, 5.41) is 0. The van der Waals surface area contributed by atoms with E-state index in [0.717, 1.165) is 26.1 Å². The topological polar surface area (TPSA) is 29.3 Å². The van der Waals surface area contributed by atoms with E-state index in [2.05, 4.69) is 50.8 Å². The van der Waals surface area contributed by atoms with E-state index in [0.29, 0.717) is 10.9 Å². The van der Waals surface area contributed by atoms with Gasteiger partial charge in [-0.3, -0.25) is 4.90 Å². The van der Waals surface area contributed by atoms with Crippen LogP contribution in [0.15, 0.2) is 18.2 Å². The Bertz CT molecular complexity index is 407. The zero-order chi connectivity index (χ0) is 14.4. The van der Waals surface area contributed by atoms with Crippen LogP contribution in [0.2, 0.25) is 0 Å². The summed E-state index contributed by atoms with van der Waals surface area (Å²) in [5.41, 5.74) is 9.80. The van der Waals surface area contributed by atoms with Gasteiger partial charge in [0.1, 0.15) is 0 Å². The first kappa shape index (κ1) is 16.1. The molecule has 0 saturated carbocycles. The molecule has 2 N–H and O–H groups in total. The Morgan fingerprint density at radius 2 is 1.84 bits per heavy atom. The minimum atomic E-state index is 0.607. The van der Waals surface area contributed by atoms with Crippen molar-refractivity contribution in [2.75, 3.05) is 13.1 Å². The van der Waals surface area contributed by atoms with Crippen molar-refractivity contribution in [2.45, 2.75) is 40.7 Å². The van der Waals surface area contributed by atoms with E-state index in [-0.39, 0.29) is 0 Å². The Morgan fingerprint density at radius 3 is 2.32 bits per heavy atom. The van der Waals surface area contributed by atoms with E-state index in [1.165, 1.54) is 16.7 Å². The van der Waals surface area contributed by atoms with Gasteiger partial charge in [0.05, 0.1) is 4.99 Å². The summed E-state index contributed by atoms with van der Waals surface area (Å²) in [5.74, 6) is 0.649. The summed E-state index contributed by atoms with van der Waals surface area (Å²) in [6.07, 6.45) is 0.799. The predicted octanol–water partition coefficient (Wildman–Crippen LogP) is 3.44. The molecule has 1 aromatic carbocycles. The third-order valence-corrected chi connectivity index (χ3v) is 3.53. The Labute approximate surface area is 123 Å². The lowest BCUT2D eigenvalue weighted by atomic mass is 10.0. The smallest absolute Gasteiger partial charge is 0.0740 e. The maximum absolute atomic E-state index is 5.63. The molecule has 0 aliphatic rings. The molecule has 0 unspecified atom stereocenters. The highest BCUT2D eigenvalue weighted by molar-refractivity contribution is 7.80. The summed E-state index contributed by atoms with van der Waals surface area (Å²) in [6.45, 7) is 11.9. The lowest BCUT2D eigenvalue weighted by molar-refractivity contribution is 0.242. The van der Waals surface area contributed by atoms with E-state index < -0.39 is 0 Å². The highest BCUT2D eigenvalue weighted by atomic mass is 32.1. The van der Waals surface area contributed by atoms with E-state index in [9.17, 15) is 0 Å². The van der Waals surface area contributed by atoms with Gasteiger partial charge in [0.2, 0.25) is 0 Å². The molecule has 0 radical (unpaired) electrons. The van der Waals surface area contributed by atoms with E-state index in [1.807, 2.05) is 0 Å². The van der Waals surface area contributed by atoms with Gasteiger partial charge in [-0.25, -0.2) is 0 Å². The number of hydrogen-bond acceptors (Lipinski definition) is 2. The molecular weight excluding hydrogens is 252 g/mol. The van der Waals surface area contributed by atoms with E-state index in [1.54, 1.807) is 0 Å². The number of nitrogens with two attached hydrogens (primary N) is 1. The molecule has 0 spiro atoms. The molecule has 0 saturated heterocycles. The normalized spacial score (nSPS) is 11.3. The average Bonchev–Trinajstić information content (AvgIpc) is 2.30. The van der Waals surface area contributed by atoms with Crippen LogP contribution in [0.3, 0.4) is 0 Å². The number of hydrogen-bond donors (Lipinski definition) is 1. The van der Waals surface area contributed by atoms with Gasteiger partial charge >= 0.3 is 0 Å². The van der Waals surface area contributed by atoms with Gasteiger partial charge in [-0.2, -0.15) is 0 Å². The molecule has 0 amide bonds. The second-order valence-corrected chi connectivity index (χ2v) is 6.24. The second kappa shape index (κ2) is 7.61. The van der Waals surface area contributed by atoms with Crippen molar-refractivity contribution in [1.82, 2.24) is 4.90 Å². The molecule has 0 bridgehead atoms. The number of rotatable bonds is 7. The van der Waals surface area contributed by atoms with Crippen LogP contribution in [0.5, 0.6) is 0 Å². The molecule has 106 valence electrons. The van der Waals surface area contributed by atoms with Crippen molar-refractivity contribution in [2.24, 2.45) is 11.7 Å². The average molecular weight is 278 g/mol. The molecule has 2 nitrogen and oxygen atoms in total. The van der Waals surface area contributed by atoms with Crippen LogP contribution in [0.25, 0.3) is 0 Å². The summed E-state index contributed by atoms with van der Waals surface area (Å²) in [7, 11) is 0. The zero-order valence-corrected chi connectivity index (χ0v) is 13.4. The molecule has 0 fully saturated rings. The summed E-state index contributed by atoms with van der Waals surface area (Å²) < 4.78 is 0. The molecule has 3 heteroatoms. The first-order valence-corrected chi connectivity index (χ1v) is 7.36. The van der Waals surface area contributed by atoms with Gasteiger partial charge in [-0.15, -0.1) is 0 Å². The number of aryl methyl sites for hydroxylation is 2. The van der Waals surface area contributed by atoms with Crippen molar-refractivity contribution in [3.05, 3.63) is 34.9 Å². The quantitative estimate of drug-likeness (QED) is 0.775. The fourth-order valence-corrected chi connectivity index (χ4v) is 2.43. The van der Waals surface area contributed by atoms with Crippen LogP contribution in [-0.4, -0.2) is 23.0 Å². The first-order valence-electron chi connectivity index (χ1n) is 6.96. The molecule has 1 aromatic rings. The predicted molar refractivity (Wildman–Crippen MR) is 87.4 cm³/mol. The number of benzene rings is 1. The molecule has 19 heavy (non-hydrogen) atoms. The van der Waals surface area contributed by atoms with Crippen LogP contribution in [0.1, 0.15) is 37.0 Å². The Hall–Kier alpha value is -0.930. The van der Waals surface area contributed by atoms with Crippen LogP contribution in [-0.2, 0) is 6.54 Å². The summed E-state index contributed by atoms with van der Waals surface area (Å²) >= 11 is 4.99. The highest BCUT2D eigenvalue weighted by Gasteiger charge is 2.11. The van der Waals surface area contributed by atoms with Gasteiger partial charge in [0, 0.05) is 26.1 Å². The van der Waals surface area contributed by atoms with Crippen LogP contribution in [0, 0.1) is 19.8 Å². The van der Waals surface area contributed by atoms with Gasteiger partial charge in [-0.1, -0.05) is 44.3 Å². The molecule has 0 heterocycles. The van der Waals surface area contributed by atoms with Crippen molar-refractivity contribution in [1.29, 1.82) is 0 Å². The minimum absolute atomic E-state index is 0.607. The number of thiocarbonyl (C=S) groups is 1. The minimum Gasteiger partial charge on any atom is -0.393 e. The monoisotopic (exact) mass is 278 g/mol. The Morgan fingerprint density at radius 1 is 1.26 bits per heavy atom. The van der Waals surface area contributed by atoms with Crippen molar-refractivity contribution in [3.63, 3.8) is 0 Å². The first-order chi connectivity index (χ1) is 8.90. The van der Waals surface area contributed by atoms with Crippen LogP contribution < -0.4 is 5.73 Å². The van der Waals surface area contributed by atoms with Gasteiger partial charge in [-0.05, 0) is 36.5 Å². The lowest BCUT2D eigenvalue weighted by Gasteiger charge is -2.25. The molecular formula is C16H26N2S. The zero-order valence-electron chi connectivity index (χ0n) is 12.6. The van der Waals surface area contributed by atoms with Crippen molar-refractivity contribution >= 4 is 17.2 Å². The summed E-state index contributed by atoms with van der Waals surface area (Å²) in [6, 6.07) is 6.49. The molecule has 0 aliphatic heterocycles. The molecule has 0 atom stereocenters. The largest absolute Gasteiger partial charge is 0.393 e. The van der Waals surface area contributed by atoms with Crippen LogP contribution >= 0.6 is 12.2 Å². The van der Waals surface area contributed by atoms with Crippen molar-refractivity contribution in [3.8, 4) is 0 Å². The van der Waals surface area contributed by atoms with Gasteiger partial charge in [0.25, 0.3) is 0 Å². The van der Waals surface area contributed by atoms with Gasteiger partial charge < -0.3 is 5.73 Å². The third-order valence-electron chi connectivity index (χ3n) is 3.32. The fraction of sp³-hybridized carbons (Fsp3) is 0.562. The molecule has 1 rings (SSSR count). The maximum Gasteiger partial charge on any atom is 0.0740 e. The highest BCUT2D eigenvalue weighted by Crippen LogP contribution is 2.16. The van der Waals surface area contributed by atoms with E-state index >= 15 is 0 Å². The molecule has 0 aromatic heterocycles. The molecule has 0 aliphatic carbocycles. The third kappa shape index (κ3) is 5.70.